The van der Waals surface area contributed by atoms with Crippen LogP contribution in [0.2, 0.25) is 0 Å². The van der Waals surface area contributed by atoms with Crippen LogP contribution in [0.15, 0.2) is 0 Å². The van der Waals surface area contributed by atoms with E-state index >= 15 is 0 Å². The second-order valence-corrected chi connectivity index (χ2v) is 5.75. The van der Waals surface area contributed by atoms with Crippen molar-refractivity contribution >= 4 is 5.78 Å². The third kappa shape index (κ3) is 9.64. The van der Waals surface area contributed by atoms with Crippen LogP contribution in [0.5, 0.6) is 0 Å². The number of rotatable bonds is 12. The molecule has 2 heteroatoms. The Balaban J connectivity index is 3.83. The summed E-state index contributed by atoms with van der Waals surface area (Å²) in [6.45, 7) is 7.23. The SMILES string of the molecule is CCCCCCCC(=O)C(CCC(C)C)COC. The molecule has 0 aromatic carbocycles. The maximum absolute atomic E-state index is 12.1. The lowest BCUT2D eigenvalue weighted by molar-refractivity contribution is -0.124. The maximum Gasteiger partial charge on any atom is 0.138 e. The van der Waals surface area contributed by atoms with Gasteiger partial charge in [-0.3, -0.25) is 4.79 Å². The van der Waals surface area contributed by atoms with E-state index in [9.17, 15) is 4.79 Å². The van der Waals surface area contributed by atoms with Crippen LogP contribution in [-0.4, -0.2) is 19.5 Å². The molecule has 18 heavy (non-hydrogen) atoms. The van der Waals surface area contributed by atoms with Crippen LogP contribution in [-0.2, 0) is 9.53 Å². The predicted molar refractivity (Wildman–Crippen MR) is 77.8 cm³/mol. The lowest BCUT2D eigenvalue weighted by Gasteiger charge is -2.16. The average molecular weight is 256 g/mol. The van der Waals surface area contributed by atoms with E-state index in [-0.39, 0.29) is 5.92 Å². The van der Waals surface area contributed by atoms with Crippen LogP contribution >= 0.6 is 0 Å². The molecule has 0 heterocycles. The van der Waals surface area contributed by atoms with E-state index in [0.717, 1.165) is 25.7 Å². The Kier molecular flexibility index (Phi) is 11.5. The zero-order valence-corrected chi connectivity index (χ0v) is 12.8. The van der Waals surface area contributed by atoms with Crippen molar-refractivity contribution in [1.29, 1.82) is 0 Å². The van der Waals surface area contributed by atoms with Crippen molar-refractivity contribution in [3.8, 4) is 0 Å². The summed E-state index contributed by atoms with van der Waals surface area (Å²) in [6.07, 6.45) is 8.93. The molecule has 0 amide bonds. The van der Waals surface area contributed by atoms with Gasteiger partial charge in [-0.05, 0) is 18.8 Å². The van der Waals surface area contributed by atoms with Gasteiger partial charge in [-0.1, -0.05) is 52.9 Å². The lowest BCUT2D eigenvalue weighted by atomic mass is 9.92. The van der Waals surface area contributed by atoms with Crippen LogP contribution in [0.1, 0.15) is 72.1 Å². The average Bonchev–Trinajstić information content (AvgIpc) is 2.33. The Hall–Kier alpha value is -0.370. The van der Waals surface area contributed by atoms with Gasteiger partial charge in [0.15, 0.2) is 0 Å². The molecule has 0 saturated carbocycles. The third-order valence-corrected chi connectivity index (χ3v) is 3.44. The van der Waals surface area contributed by atoms with E-state index in [1.54, 1.807) is 7.11 Å². The van der Waals surface area contributed by atoms with E-state index in [4.69, 9.17) is 4.74 Å². The smallest absolute Gasteiger partial charge is 0.138 e. The standard InChI is InChI=1S/C16H32O2/c1-5-6-7-8-9-10-16(17)15(13-18-4)12-11-14(2)3/h14-15H,5-13H2,1-4H3. The van der Waals surface area contributed by atoms with Gasteiger partial charge in [0, 0.05) is 19.4 Å². The molecule has 2 nitrogen and oxygen atoms in total. The fourth-order valence-corrected chi connectivity index (χ4v) is 2.18. The number of Topliss-reactive ketones (excluding diaryl/α,β-unsaturated/α-hetero) is 1. The first-order valence-corrected chi connectivity index (χ1v) is 7.63. The molecule has 0 aliphatic heterocycles. The van der Waals surface area contributed by atoms with Gasteiger partial charge in [0.2, 0.25) is 0 Å². The van der Waals surface area contributed by atoms with Crippen molar-refractivity contribution in [2.75, 3.05) is 13.7 Å². The fraction of sp³-hybridized carbons (Fsp3) is 0.938. The van der Waals surface area contributed by atoms with E-state index in [1.165, 1.54) is 25.7 Å². The molecule has 0 bridgehead atoms. The van der Waals surface area contributed by atoms with E-state index in [0.29, 0.717) is 18.3 Å². The summed E-state index contributed by atoms with van der Waals surface area (Å²) in [6, 6.07) is 0. The van der Waals surface area contributed by atoms with Gasteiger partial charge in [-0.25, -0.2) is 0 Å². The number of unbranched alkanes of at least 4 members (excludes halogenated alkanes) is 4. The second kappa shape index (κ2) is 11.7. The summed E-state index contributed by atoms with van der Waals surface area (Å²) in [5.41, 5.74) is 0. The van der Waals surface area contributed by atoms with Gasteiger partial charge in [0.1, 0.15) is 5.78 Å². The van der Waals surface area contributed by atoms with Gasteiger partial charge in [-0.2, -0.15) is 0 Å². The molecule has 0 saturated heterocycles. The molecule has 108 valence electrons. The van der Waals surface area contributed by atoms with Crippen molar-refractivity contribution in [3.63, 3.8) is 0 Å². The van der Waals surface area contributed by atoms with Gasteiger partial charge in [-0.15, -0.1) is 0 Å². The van der Waals surface area contributed by atoms with Crippen molar-refractivity contribution in [2.24, 2.45) is 11.8 Å². The molecule has 0 N–H and O–H groups in total. The summed E-state index contributed by atoms with van der Waals surface area (Å²) in [5, 5.41) is 0. The number of carbonyl (C=O) groups excluding carboxylic acids is 1. The molecule has 0 aliphatic carbocycles. The largest absolute Gasteiger partial charge is 0.384 e. The van der Waals surface area contributed by atoms with E-state index < -0.39 is 0 Å². The zero-order chi connectivity index (χ0) is 13.8. The molecule has 0 aromatic rings. The van der Waals surface area contributed by atoms with Gasteiger partial charge in [0.25, 0.3) is 0 Å². The normalized spacial score (nSPS) is 12.9. The number of ketones is 1. The minimum atomic E-state index is 0.128. The number of methoxy groups -OCH3 is 1. The molecule has 0 aliphatic rings. The number of ether oxygens (including phenoxy) is 1. The van der Waals surface area contributed by atoms with E-state index in [2.05, 4.69) is 20.8 Å². The molecular formula is C16H32O2. The zero-order valence-electron chi connectivity index (χ0n) is 12.8. The highest BCUT2D eigenvalue weighted by atomic mass is 16.5. The first-order chi connectivity index (χ1) is 8.61. The van der Waals surface area contributed by atoms with Crippen molar-refractivity contribution in [3.05, 3.63) is 0 Å². The molecule has 0 radical (unpaired) electrons. The van der Waals surface area contributed by atoms with Crippen LogP contribution in [0, 0.1) is 11.8 Å². The molecule has 1 atom stereocenters. The molecule has 0 aromatic heterocycles. The maximum atomic E-state index is 12.1. The van der Waals surface area contributed by atoms with Gasteiger partial charge >= 0.3 is 0 Å². The monoisotopic (exact) mass is 256 g/mol. The fourth-order valence-electron chi connectivity index (χ4n) is 2.18. The molecule has 0 fully saturated rings. The minimum Gasteiger partial charge on any atom is -0.384 e. The molecule has 0 rings (SSSR count). The first-order valence-electron chi connectivity index (χ1n) is 7.63. The number of hydrogen-bond acceptors (Lipinski definition) is 2. The van der Waals surface area contributed by atoms with Gasteiger partial charge < -0.3 is 4.74 Å². The summed E-state index contributed by atoms with van der Waals surface area (Å²) in [7, 11) is 1.69. The van der Waals surface area contributed by atoms with Gasteiger partial charge in [0.05, 0.1) is 6.61 Å². The Bertz CT molecular complexity index is 199. The van der Waals surface area contributed by atoms with Crippen LogP contribution in [0.25, 0.3) is 0 Å². The second-order valence-electron chi connectivity index (χ2n) is 5.75. The van der Waals surface area contributed by atoms with Crippen LogP contribution in [0.4, 0.5) is 0 Å². The summed E-state index contributed by atoms with van der Waals surface area (Å²) in [4.78, 5) is 12.1. The van der Waals surface area contributed by atoms with Crippen molar-refractivity contribution in [1.82, 2.24) is 0 Å². The van der Waals surface area contributed by atoms with Crippen LogP contribution in [0.3, 0.4) is 0 Å². The van der Waals surface area contributed by atoms with E-state index in [1.807, 2.05) is 0 Å². The van der Waals surface area contributed by atoms with Crippen molar-refractivity contribution < 1.29 is 9.53 Å². The highest BCUT2D eigenvalue weighted by molar-refractivity contribution is 5.81. The number of carbonyl (C=O) groups is 1. The third-order valence-electron chi connectivity index (χ3n) is 3.44. The quantitative estimate of drug-likeness (QED) is 0.476. The van der Waals surface area contributed by atoms with Crippen LogP contribution < -0.4 is 0 Å². The summed E-state index contributed by atoms with van der Waals surface area (Å²) < 4.78 is 5.18. The Morgan fingerprint density at radius 1 is 1.06 bits per heavy atom. The molecular weight excluding hydrogens is 224 g/mol. The summed E-state index contributed by atoms with van der Waals surface area (Å²) in [5.74, 6) is 1.21. The Labute approximate surface area is 113 Å². The highest BCUT2D eigenvalue weighted by Crippen LogP contribution is 2.17. The first kappa shape index (κ1) is 17.6. The topological polar surface area (TPSA) is 26.3 Å². The Morgan fingerprint density at radius 2 is 1.72 bits per heavy atom. The molecule has 1 unspecified atom stereocenters. The predicted octanol–water partition coefficient (Wildman–Crippen LogP) is 4.61. The Morgan fingerprint density at radius 3 is 2.28 bits per heavy atom. The molecule has 0 spiro atoms. The lowest BCUT2D eigenvalue weighted by Crippen LogP contribution is -2.20. The summed E-state index contributed by atoms with van der Waals surface area (Å²) >= 11 is 0. The minimum absolute atomic E-state index is 0.128. The highest BCUT2D eigenvalue weighted by Gasteiger charge is 2.17. The van der Waals surface area contributed by atoms with Crippen molar-refractivity contribution in [2.45, 2.75) is 72.1 Å². The number of hydrogen-bond donors (Lipinski definition) is 0.